The average molecular weight is 362 g/mol. The van der Waals surface area contributed by atoms with Crippen molar-refractivity contribution in [3.8, 4) is 0 Å². The van der Waals surface area contributed by atoms with Gasteiger partial charge in [-0.05, 0) is 37.6 Å². The Labute approximate surface area is 153 Å². The molecular weight excluding hydrogens is 338 g/mol. The quantitative estimate of drug-likeness (QED) is 0.768. The lowest BCUT2D eigenvalue weighted by Crippen LogP contribution is -2.49. The minimum absolute atomic E-state index is 0.0642. The molecule has 1 fully saturated rings. The van der Waals surface area contributed by atoms with Crippen LogP contribution in [0.1, 0.15) is 22.5 Å². The molecule has 6 heteroatoms. The van der Waals surface area contributed by atoms with E-state index in [1.54, 1.807) is 7.11 Å². The molecule has 5 nitrogen and oxygen atoms in total. The molecule has 0 atom stereocenters. The van der Waals surface area contributed by atoms with Gasteiger partial charge in [-0.2, -0.15) is 0 Å². The van der Waals surface area contributed by atoms with Gasteiger partial charge in [-0.1, -0.05) is 11.6 Å². The van der Waals surface area contributed by atoms with Crippen LogP contribution in [0, 0.1) is 6.92 Å². The number of amides is 1. The van der Waals surface area contributed by atoms with Gasteiger partial charge in [-0.25, -0.2) is 0 Å². The Bertz CT molecular complexity index is 758. The van der Waals surface area contributed by atoms with Gasteiger partial charge in [-0.3, -0.25) is 14.7 Å². The summed E-state index contributed by atoms with van der Waals surface area (Å²) in [5, 5.41) is 1.45. The Morgan fingerprint density at radius 3 is 2.72 bits per heavy atom. The van der Waals surface area contributed by atoms with E-state index in [0.717, 1.165) is 62.3 Å². The number of ether oxygens (including phenoxy) is 1. The first-order valence-electron chi connectivity index (χ1n) is 8.66. The molecule has 1 aromatic carbocycles. The van der Waals surface area contributed by atoms with Gasteiger partial charge >= 0.3 is 0 Å². The minimum Gasteiger partial charge on any atom is -0.385 e. The molecule has 1 saturated heterocycles. The smallest absolute Gasteiger partial charge is 0.254 e. The Balaban J connectivity index is 1.74. The standard InChI is InChI=1S/C19H24ClN3O2/c1-14-12-17(16-13-15(20)4-5-18(16)21-14)19(24)23-9-7-22(8-10-23)6-3-11-25-2/h4-5,12-13H,3,6-11H2,1-2H3. The van der Waals surface area contributed by atoms with Crippen LogP contribution in [-0.2, 0) is 4.74 Å². The normalized spacial score (nSPS) is 15.7. The predicted octanol–water partition coefficient (Wildman–Crippen LogP) is 2.99. The van der Waals surface area contributed by atoms with Crippen LogP contribution in [0.5, 0.6) is 0 Å². The van der Waals surface area contributed by atoms with Gasteiger partial charge < -0.3 is 9.64 Å². The van der Waals surface area contributed by atoms with E-state index in [4.69, 9.17) is 16.3 Å². The number of hydrogen-bond donors (Lipinski definition) is 0. The molecule has 3 rings (SSSR count). The zero-order chi connectivity index (χ0) is 17.8. The Morgan fingerprint density at radius 1 is 1.24 bits per heavy atom. The molecule has 1 aliphatic rings. The van der Waals surface area contributed by atoms with Crippen LogP contribution in [-0.4, -0.2) is 67.1 Å². The lowest BCUT2D eigenvalue weighted by Gasteiger charge is -2.35. The molecule has 0 radical (unpaired) electrons. The van der Waals surface area contributed by atoms with Gasteiger partial charge in [0.05, 0.1) is 11.1 Å². The number of halogens is 1. The maximum Gasteiger partial charge on any atom is 0.254 e. The fourth-order valence-corrected chi connectivity index (χ4v) is 3.46. The zero-order valence-corrected chi connectivity index (χ0v) is 15.6. The SMILES string of the molecule is COCCCN1CCN(C(=O)c2cc(C)nc3ccc(Cl)cc23)CC1. The molecule has 0 spiro atoms. The first-order valence-corrected chi connectivity index (χ1v) is 9.04. The van der Waals surface area contributed by atoms with Crippen LogP contribution in [0.3, 0.4) is 0 Å². The number of aromatic nitrogens is 1. The molecule has 1 aliphatic heterocycles. The van der Waals surface area contributed by atoms with Crippen molar-refractivity contribution in [1.82, 2.24) is 14.8 Å². The molecule has 0 aliphatic carbocycles. The van der Waals surface area contributed by atoms with E-state index in [9.17, 15) is 4.79 Å². The number of carbonyl (C=O) groups excluding carboxylic acids is 1. The van der Waals surface area contributed by atoms with E-state index in [2.05, 4.69) is 9.88 Å². The molecule has 2 heterocycles. The van der Waals surface area contributed by atoms with Crippen molar-refractivity contribution >= 4 is 28.4 Å². The first-order chi connectivity index (χ1) is 12.1. The van der Waals surface area contributed by atoms with Gasteiger partial charge in [0.1, 0.15) is 0 Å². The van der Waals surface area contributed by atoms with E-state index in [1.807, 2.05) is 36.1 Å². The monoisotopic (exact) mass is 361 g/mol. The molecular formula is C19H24ClN3O2. The molecule has 0 unspecified atom stereocenters. The lowest BCUT2D eigenvalue weighted by molar-refractivity contribution is 0.0626. The summed E-state index contributed by atoms with van der Waals surface area (Å²) in [7, 11) is 1.73. The van der Waals surface area contributed by atoms with Crippen molar-refractivity contribution in [1.29, 1.82) is 0 Å². The van der Waals surface area contributed by atoms with E-state index in [0.29, 0.717) is 10.6 Å². The minimum atomic E-state index is 0.0642. The molecule has 0 N–H and O–H groups in total. The third-order valence-electron chi connectivity index (χ3n) is 4.61. The summed E-state index contributed by atoms with van der Waals surface area (Å²) >= 11 is 6.13. The van der Waals surface area contributed by atoms with Crippen molar-refractivity contribution in [2.24, 2.45) is 0 Å². The summed E-state index contributed by atoms with van der Waals surface area (Å²) < 4.78 is 5.10. The van der Waals surface area contributed by atoms with Crippen molar-refractivity contribution < 1.29 is 9.53 Å². The van der Waals surface area contributed by atoms with Gasteiger partial charge in [0.15, 0.2) is 0 Å². The first kappa shape index (κ1) is 18.1. The van der Waals surface area contributed by atoms with Crippen LogP contribution in [0.25, 0.3) is 10.9 Å². The summed E-state index contributed by atoms with van der Waals surface area (Å²) in [5.74, 6) is 0.0642. The highest BCUT2D eigenvalue weighted by Crippen LogP contribution is 2.24. The summed E-state index contributed by atoms with van der Waals surface area (Å²) in [5.41, 5.74) is 2.35. The van der Waals surface area contributed by atoms with Crippen molar-refractivity contribution in [3.05, 3.63) is 40.5 Å². The number of carbonyl (C=O) groups is 1. The average Bonchev–Trinajstić information content (AvgIpc) is 2.62. The Kier molecular flexibility index (Phi) is 5.89. The molecule has 0 saturated carbocycles. The number of pyridine rings is 1. The van der Waals surface area contributed by atoms with Crippen LogP contribution >= 0.6 is 11.6 Å². The second-order valence-corrected chi connectivity index (χ2v) is 6.89. The Hall–Kier alpha value is -1.69. The highest BCUT2D eigenvalue weighted by Gasteiger charge is 2.23. The zero-order valence-electron chi connectivity index (χ0n) is 14.8. The van der Waals surface area contributed by atoms with E-state index in [1.165, 1.54) is 0 Å². The number of rotatable bonds is 5. The summed E-state index contributed by atoms with van der Waals surface area (Å²) in [4.78, 5) is 21.9. The number of benzene rings is 1. The second kappa shape index (κ2) is 8.13. The number of aryl methyl sites for hydroxylation is 1. The van der Waals surface area contributed by atoms with E-state index in [-0.39, 0.29) is 5.91 Å². The summed E-state index contributed by atoms with van der Waals surface area (Å²) in [6, 6.07) is 7.38. The molecule has 134 valence electrons. The molecule has 25 heavy (non-hydrogen) atoms. The summed E-state index contributed by atoms with van der Waals surface area (Å²) in [6.07, 6.45) is 1.02. The lowest BCUT2D eigenvalue weighted by atomic mass is 10.1. The highest BCUT2D eigenvalue weighted by atomic mass is 35.5. The fourth-order valence-electron chi connectivity index (χ4n) is 3.28. The van der Waals surface area contributed by atoms with Crippen LogP contribution < -0.4 is 0 Å². The van der Waals surface area contributed by atoms with Crippen LogP contribution in [0.4, 0.5) is 0 Å². The number of methoxy groups -OCH3 is 1. The fraction of sp³-hybridized carbons (Fsp3) is 0.474. The molecule has 0 bridgehead atoms. The van der Waals surface area contributed by atoms with Crippen molar-refractivity contribution in [2.75, 3.05) is 46.4 Å². The highest BCUT2D eigenvalue weighted by molar-refractivity contribution is 6.31. The predicted molar refractivity (Wildman–Crippen MR) is 100 cm³/mol. The van der Waals surface area contributed by atoms with Gasteiger partial charge in [0, 0.05) is 62.5 Å². The largest absolute Gasteiger partial charge is 0.385 e. The molecule has 2 aromatic rings. The maximum absolute atomic E-state index is 13.1. The third kappa shape index (κ3) is 4.29. The van der Waals surface area contributed by atoms with Gasteiger partial charge in [0.2, 0.25) is 0 Å². The van der Waals surface area contributed by atoms with Gasteiger partial charge in [0.25, 0.3) is 5.91 Å². The van der Waals surface area contributed by atoms with E-state index < -0.39 is 0 Å². The number of nitrogens with zero attached hydrogens (tertiary/aromatic N) is 3. The summed E-state index contributed by atoms with van der Waals surface area (Å²) in [6.45, 7) is 7.00. The van der Waals surface area contributed by atoms with Crippen LogP contribution in [0.15, 0.2) is 24.3 Å². The molecule has 1 amide bonds. The third-order valence-corrected chi connectivity index (χ3v) is 4.85. The number of hydrogen-bond acceptors (Lipinski definition) is 4. The van der Waals surface area contributed by atoms with Gasteiger partial charge in [-0.15, -0.1) is 0 Å². The van der Waals surface area contributed by atoms with E-state index >= 15 is 0 Å². The Morgan fingerprint density at radius 2 is 2.00 bits per heavy atom. The topological polar surface area (TPSA) is 45.7 Å². The number of fused-ring (bicyclic) bond motifs is 1. The maximum atomic E-state index is 13.1. The number of piperazine rings is 1. The second-order valence-electron chi connectivity index (χ2n) is 6.45. The van der Waals surface area contributed by atoms with Crippen molar-refractivity contribution in [3.63, 3.8) is 0 Å². The van der Waals surface area contributed by atoms with Crippen molar-refractivity contribution in [2.45, 2.75) is 13.3 Å². The molecule has 1 aromatic heterocycles. The van der Waals surface area contributed by atoms with Crippen LogP contribution in [0.2, 0.25) is 5.02 Å².